The number of para-hydroxylation sites is 1. The summed E-state index contributed by atoms with van der Waals surface area (Å²) in [6, 6.07) is 14.6. The molecule has 2 aromatic carbocycles. The first-order valence-corrected chi connectivity index (χ1v) is 9.86. The fraction of sp³-hybridized carbons (Fsp3) is 0.333. The van der Waals surface area contributed by atoms with Crippen molar-refractivity contribution in [2.75, 3.05) is 0 Å². The van der Waals surface area contributed by atoms with Gasteiger partial charge in [-0.05, 0) is 61.4 Å². The number of hydrogen-bond donors (Lipinski definition) is 0. The molecule has 1 fully saturated rings. The van der Waals surface area contributed by atoms with Gasteiger partial charge in [0, 0.05) is 5.39 Å². The lowest BCUT2D eigenvalue weighted by Gasteiger charge is -2.26. The van der Waals surface area contributed by atoms with Crippen molar-refractivity contribution in [3.05, 3.63) is 70.1 Å². The number of ether oxygens (including phenoxy) is 1. The van der Waals surface area contributed by atoms with Crippen LogP contribution in [0.15, 0.2) is 57.7 Å². The molecule has 4 nitrogen and oxygen atoms in total. The molecule has 0 radical (unpaired) electrons. The second kappa shape index (κ2) is 7.63. The molecule has 1 saturated carbocycles. The van der Waals surface area contributed by atoms with Crippen molar-refractivity contribution in [2.45, 2.75) is 45.6 Å². The molecule has 0 spiro atoms. The first-order chi connectivity index (χ1) is 13.5. The minimum absolute atomic E-state index is 0.0231. The van der Waals surface area contributed by atoms with E-state index in [1.807, 2.05) is 43.3 Å². The van der Waals surface area contributed by atoms with Crippen LogP contribution < -0.4 is 5.63 Å². The molecule has 0 unspecified atom stereocenters. The van der Waals surface area contributed by atoms with E-state index < -0.39 is 5.63 Å². The van der Waals surface area contributed by atoms with Crippen LogP contribution in [0, 0.1) is 12.8 Å². The van der Waals surface area contributed by atoms with Crippen LogP contribution >= 0.6 is 0 Å². The maximum Gasteiger partial charge on any atom is 0.344 e. The Bertz CT molecular complexity index is 1080. The zero-order chi connectivity index (χ0) is 19.7. The monoisotopic (exact) mass is 376 g/mol. The molecule has 144 valence electrons. The van der Waals surface area contributed by atoms with Crippen LogP contribution in [0.3, 0.4) is 0 Å². The topological polar surface area (TPSA) is 56.5 Å². The minimum Gasteiger partial charge on any atom is -0.459 e. The number of benzene rings is 2. The first kappa shape index (κ1) is 18.5. The highest BCUT2D eigenvalue weighted by Gasteiger charge is 2.24. The van der Waals surface area contributed by atoms with Gasteiger partial charge in [0.05, 0.1) is 11.1 Å². The maximum atomic E-state index is 12.8. The summed E-state index contributed by atoms with van der Waals surface area (Å²) < 4.78 is 11.2. The van der Waals surface area contributed by atoms with Gasteiger partial charge in [0.25, 0.3) is 0 Å². The lowest BCUT2D eigenvalue weighted by molar-refractivity contribution is 0.0154. The molecule has 0 saturated heterocycles. The van der Waals surface area contributed by atoms with E-state index in [2.05, 4.69) is 6.92 Å². The molecule has 2 atom stereocenters. The summed E-state index contributed by atoms with van der Waals surface area (Å²) in [5.41, 5.74) is 2.58. The minimum atomic E-state index is -0.414. The van der Waals surface area contributed by atoms with E-state index in [4.69, 9.17) is 9.15 Å². The van der Waals surface area contributed by atoms with Crippen LogP contribution in [0.1, 0.15) is 48.5 Å². The molecule has 4 heteroatoms. The van der Waals surface area contributed by atoms with Gasteiger partial charge in [0.2, 0.25) is 0 Å². The first-order valence-electron chi connectivity index (χ1n) is 9.86. The Hall–Kier alpha value is -2.88. The summed E-state index contributed by atoms with van der Waals surface area (Å²) >= 11 is 0. The highest BCUT2D eigenvalue weighted by Crippen LogP contribution is 2.28. The molecule has 1 aromatic heterocycles. The largest absolute Gasteiger partial charge is 0.459 e. The molecule has 1 aliphatic carbocycles. The summed E-state index contributed by atoms with van der Waals surface area (Å²) in [5, 5.41) is 0.845. The predicted octanol–water partition coefficient (Wildman–Crippen LogP) is 5.50. The average Bonchev–Trinajstić information content (AvgIpc) is 2.68. The fourth-order valence-electron chi connectivity index (χ4n) is 3.97. The Labute approximate surface area is 164 Å². The lowest BCUT2D eigenvalue weighted by Crippen LogP contribution is -2.25. The van der Waals surface area contributed by atoms with E-state index in [-0.39, 0.29) is 12.1 Å². The van der Waals surface area contributed by atoms with E-state index in [1.54, 1.807) is 12.1 Å². The van der Waals surface area contributed by atoms with Gasteiger partial charge >= 0.3 is 11.6 Å². The van der Waals surface area contributed by atoms with E-state index in [9.17, 15) is 9.59 Å². The number of carbonyl (C=O) groups is 1. The molecule has 0 aliphatic heterocycles. The third kappa shape index (κ3) is 3.72. The van der Waals surface area contributed by atoms with Crippen molar-refractivity contribution in [2.24, 2.45) is 5.92 Å². The zero-order valence-electron chi connectivity index (χ0n) is 16.2. The number of carbonyl (C=O) groups excluding carboxylic acids is 1. The van der Waals surface area contributed by atoms with Crippen LogP contribution in [0.4, 0.5) is 0 Å². The van der Waals surface area contributed by atoms with Crippen LogP contribution in [-0.4, -0.2) is 12.1 Å². The summed E-state index contributed by atoms with van der Waals surface area (Å²) in [6.45, 7) is 4.08. The predicted molar refractivity (Wildman–Crippen MR) is 109 cm³/mol. The molecule has 1 heterocycles. The number of aryl methyl sites for hydroxylation is 1. The van der Waals surface area contributed by atoms with Gasteiger partial charge in [-0.25, -0.2) is 9.59 Å². The van der Waals surface area contributed by atoms with Crippen LogP contribution in [0.2, 0.25) is 0 Å². The van der Waals surface area contributed by atoms with Crippen molar-refractivity contribution >= 4 is 16.9 Å². The molecule has 1 aliphatic rings. The number of fused-ring (bicyclic) bond motifs is 1. The molecular formula is C24H24O4. The smallest absolute Gasteiger partial charge is 0.344 e. The molecule has 0 bridgehead atoms. The second-order valence-electron chi connectivity index (χ2n) is 7.81. The Balaban J connectivity index is 1.66. The normalized spacial score (nSPS) is 19.5. The van der Waals surface area contributed by atoms with Gasteiger partial charge in [0.15, 0.2) is 0 Å². The van der Waals surface area contributed by atoms with Crippen molar-refractivity contribution in [1.29, 1.82) is 0 Å². The third-order valence-electron chi connectivity index (χ3n) is 5.57. The Morgan fingerprint density at radius 1 is 1.11 bits per heavy atom. The van der Waals surface area contributed by atoms with Gasteiger partial charge in [-0.15, -0.1) is 0 Å². The van der Waals surface area contributed by atoms with Crippen molar-refractivity contribution < 1.29 is 13.9 Å². The SMILES string of the molecule is Cc1ccc(-c2cc3ccccc3oc2=O)cc1C(=O)O[C@@H]1CCC[C@H](C)C1. The van der Waals surface area contributed by atoms with E-state index in [0.29, 0.717) is 28.2 Å². The average molecular weight is 376 g/mol. The van der Waals surface area contributed by atoms with Gasteiger partial charge in [0.1, 0.15) is 11.7 Å². The van der Waals surface area contributed by atoms with Crippen molar-refractivity contribution in [3.63, 3.8) is 0 Å². The van der Waals surface area contributed by atoms with E-state index in [0.717, 1.165) is 30.2 Å². The summed E-state index contributed by atoms with van der Waals surface area (Å²) in [7, 11) is 0. The second-order valence-corrected chi connectivity index (χ2v) is 7.81. The number of hydrogen-bond acceptors (Lipinski definition) is 4. The summed E-state index contributed by atoms with van der Waals surface area (Å²) in [5.74, 6) is 0.268. The van der Waals surface area contributed by atoms with Crippen LogP contribution in [0.5, 0.6) is 0 Å². The van der Waals surface area contributed by atoms with E-state index >= 15 is 0 Å². The van der Waals surface area contributed by atoms with Crippen molar-refractivity contribution in [3.8, 4) is 11.1 Å². The van der Waals surface area contributed by atoms with Crippen molar-refractivity contribution in [1.82, 2.24) is 0 Å². The van der Waals surface area contributed by atoms with Crippen LogP contribution in [-0.2, 0) is 4.74 Å². The molecule has 0 amide bonds. The molecule has 3 aromatic rings. The van der Waals surface area contributed by atoms with Crippen LogP contribution in [0.25, 0.3) is 22.1 Å². The van der Waals surface area contributed by atoms with Gasteiger partial charge < -0.3 is 9.15 Å². The quantitative estimate of drug-likeness (QED) is 0.447. The molecule has 28 heavy (non-hydrogen) atoms. The van der Waals surface area contributed by atoms with Gasteiger partial charge in [-0.3, -0.25) is 0 Å². The summed E-state index contributed by atoms with van der Waals surface area (Å²) in [4.78, 5) is 25.3. The van der Waals surface area contributed by atoms with E-state index in [1.165, 1.54) is 6.42 Å². The number of rotatable bonds is 3. The Morgan fingerprint density at radius 3 is 2.75 bits per heavy atom. The van der Waals surface area contributed by atoms with Gasteiger partial charge in [-0.1, -0.05) is 43.7 Å². The Kier molecular flexibility index (Phi) is 5.03. The van der Waals surface area contributed by atoms with Gasteiger partial charge in [-0.2, -0.15) is 0 Å². The maximum absolute atomic E-state index is 12.8. The fourth-order valence-corrected chi connectivity index (χ4v) is 3.97. The molecule has 4 rings (SSSR count). The highest BCUT2D eigenvalue weighted by atomic mass is 16.5. The standard InChI is InChI=1S/C24H24O4/c1-15-6-5-8-19(12-15)27-23(25)20-13-17(11-10-16(20)2)21-14-18-7-3-4-9-22(18)28-24(21)26/h3-4,7,9-11,13-15,19H,5-6,8,12H2,1-2H3/t15-,19+/m0/s1. The summed E-state index contributed by atoms with van der Waals surface area (Å²) in [6.07, 6.45) is 4.10. The molecule has 0 N–H and O–H groups in total. The Morgan fingerprint density at radius 2 is 1.93 bits per heavy atom. The molecular weight excluding hydrogens is 352 g/mol. The highest BCUT2D eigenvalue weighted by molar-refractivity contribution is 5.93. The lowest BCUT2D eigenvalue weighted by atomic mass is 9.88. The third-order valence-corrected chi connectivity index (χ3v) is 5.57. The zero-order valence-corrected chi connectivity index (χ0v) is 16.2. The number of esters is 1.